The van der Waals surface area contributed by atoms with Crippen molar-refractivity contribution < 1.29 is 18.3 Å². The van der Waals surface area contributed by atoms with E-state index in [1.54, 1.807) is 13.0 Å². The van der Waals surface area contributed by atoms with Gasteiger partial charge in [0.05, 0.1) is 0 Å². The molecule has 0 saturated carbocycles. The topological polar surface area (TPSA) is 39.4 Å². The molecule has 0 aliphatic carbocycles. The smallest absolute Gasteiger partial charge is 0.379 e. The molecule has 3 aromatic rings. The van der Waals surface area contributed by atoms with Crippen LogP contribution in [-0.4, -0.2) is 5.97 Å². The lowest BCUT2D eigenvalue weighted by atomic mass is 10.1. The fourth-order valence-corrected chi connectivity index (χ4v) is 2.03. The van der Waals surface area contributed by atoms with Crippen molar-refractivity contribution in [2.24, 2.45) is 0 Å². The third-order valence-electron chi connectivity index (χ3n) is 3.05. The highest BCUT2D eigenvalue weighted by Crippen LogP contribution is 2.26. The fraction of sp³-hybridized carbons (Fsp3) is 0.0625. The quantitative estimate of drug-likeness (QED) is 0.520. The summed E-state index contributed by atoms with van der Waals surface area (Å²) in [6, 6.07) is 12.6. The van der Waals surface area contributed by atoms with Crippen LogP contribution in [0.4, 0.5) is 4.39 Å². The summed E-state index contributed by atoms with van der Waals surface area (Å²) in [5.74, 6) is -0.540. The minimum absolute atomic E-state index is 0.163. The Hall–Kier alpha value is -2.62. The monoisotopic (exact) mass is 270 g/mol. The van der Waals surface area contributed by atoms with Gasteiger partial charge in [-0.15, -0.1) is 0 Å². The van der Waals surface area contributed by atoms with Gasteiger partial charge in [-0.2, -0.15) is 0 Å². The van der Waals surface area contributed by atoms with E-state index in [1.165, 1.54) is 24.3 Å². The lowest BCUT2D eigenvalue weighted by Gasteiger charge is -2.02. The van der Waals surface area contributed by atoms with Gasteiger partial charge in [-0.3, -0.25) is 0 Å². The number of carbonyl (C=O) groups is 1. The molecule has 0 atom stereocenters. The van der Waals surface area contributed by atoms with Crippen molar-refractivity contribution in [2.75, 3.05) is 0 Å². The van der Waals surface area contributed by atoms with Gasteiger partial charge < -0.3 is 9.15 Å². The van der Waals surface area contributed by atoms with Crippen molar-refractivity contribution in [1.29, 1.82) is 0 Å². The maximum atomic E-state index is 12.8. The van der Waals surface area contributed by atoms with E-state index in [2.05, 4.69) is 0 Å². The van der Waals surface area contributed by atoms with Crippen LogP contribution in [-0.2, 0) is 0 Å². The largest absolute Gasteiger partial charge is 0.449 e. The summed E-state index contributed by atoms with van der Waals surface area (Å²) in [6.07, 6.45) is 0. The number of hydrogen-bond donors (Lipinski definition) is 0. The summed E-state index contributed by atoms with van der Waals surface area (Å²) < 4.78 is 23.5. The van der Waals surface area contributed by atoms with E-state index >= 15 is 0 Å². The van der Waals surface area contributed by atoms with E-state index in [1.807, 2.05) is 18.2 Å². The van der Waals surface area contributed by atoms with Crippen LogP contribution in [0, 0.1) is 12.7 Å². The molecule has 0 amide bonds. The van der Waals surface area contributed by atoms with Crippen LogP contribution in [0.15, 0.2) is 52.9 Å². The molecule has 0 spiro atoms. The number of hydrogen-bond acceptors (Lipinski definition) is 3. The first kappa shape index (κ1) is 12.4. The maximum absolute atomic E-state index is 12.8. The third-order valence-corrected chi connectivity index (χ3v) is 3.05. The number of halogens is 1. The molecule has 0 N–H and O–H groups in total. The number of furan rings is 1. The second-order valence-electron chi connectivity index (χ2n) is 4.40. The third kappa shape index (κ3) is 2.16. The number of carbonyl (C=O) groups excluding carboxylic acids is 1. The van der Waals surface area contributed by atoms with Crippen molar-refractivity contribution in [3.63, 3.8) is 0 Å². The van der Waals surface area contributed by atoms with E-state index in [4.69, 9.17) is 9.15 Å². The first-order valence-corrected chi connectivity index (χ1v) is 6.11. The Morgan fingerprint density at radius 2 is 1.80 bits per heavy atom. The Labute approximate surface area is 114 Å². The molecule has 3 nitrogen and oxygen atoms in total. The van der Waals surface area contributed by atoms with Gasteiger partial charge in [-0.1, -0.05) is 18.2 Å². The van der Waals surface area contributed by atoms with E-state index in [0.29, 0.717) is 5.58 Å². The Bertz CT molecular complexity index is 772. The van der Waals surface area contributed by atoms with Crippen LogP contribution < -0.4 is 4.74 Å². The van der Waals surface area contributed by atoms with Gasteiger partial charge in [0.2, 0.25) is 5.76 Å². The predicted octanol–water partition coefficient (Wildman–Crippen LogP) is 4.10. The Balaban J connectivity index is 1.92. The lowest BCUT2D eigenvalue weighted by molar-refractivity contribution is 0.0702. The summed E-state index contributed by atoms with van der Waals surface area (Å²) in [7, 11) is 0. The Morgan fingerprint density at radius 3 is 2.50 bits per heavy atom. The molecule has 0 bridgehead atoms. The van der Waals surface area contributed by atoms with Crippen molar-refractivity contribution >= 4 is 16.9 Å². The molecule has 0 radical (unpaired) electrons. The maximum Gasteiger partial charge on any atom is 0.379 e. The number of rotatable bonds is 2. The number of ether oxygens (including phenoxy) is 1. The van der Waals surface area contributed by atoms with Crippen molar-refractivity contribution in [3.05, 3.63) is 65.7 Å². The average Bonchev–Trinajstić information content (AvgIpc) is 2.79. The van der Waals surface area contributed by atoms with Gasteiger partial charge in [0.15, 0.2) is 0 Å². The normalized spacial score (nSPS) is 10.7. The highest BCUT2D eigenvalue weighted by molar-refractivity contribution is 5.96. The Kier molecular flexibility index (Phi) is 2.99. The van der Waals surface area contributed by atoms with E-state index < -0.39 is 5.97 Å². The number of para-hydroxylation sites is 1. The molecule has 4 heteroatoms. The van der Waals surface area contributed by atoms with Gasteiger partial charge in [0.1, 0.15) is 17.1 Å². The van der Waals surface area contributed by atoms with E-state index in [-0.39, 0.29) is 17.3 Å². The molecular formula is C16H11FO3. The molecule has 2 aromatic carbocycles. The summed E-state index contributed by atoms with van der Waals surface area (Å²) in [6.45, 7) is 1.80. The molecule has 0 fully saturated rings. The predicted molar refractivity (Wildman–Crippen MR) is 72.3 cm³/mol. The Morgan fingerprint density at radius 1 is 1.10 bits per heavy atom. The van der Waals surface area contributed by atoms with Crippen molar-refractivity contribution in [2.45, 2.75) is 6.92 Å². The first-order chi connectivity index (χ1) is 9.65. The molecule has 1 heterocycles. The van der Waals surface area contributed by atoms with Gasteiger partial charge >= 0.3 is 5.97 Å². The number of aryl methyl sites for hydroxylation is 1. The molecule has 0 aliphatic rings. The summed E-state index contributed by atoms with van der Waals surface area (Å²) in [5.41, 5.74) is 1.36. The first-order valence-electron chi connectivity index (χ1n) is 6.11. The average molecular weight is 270 g/mol. The SMILES string of the molecule is Cc1c(C(=O)Oc2ccc(F)cc2)oc2ccccc12. The van der Waals surface area contributed by atoms with Crippen LogP contribution in [0.2, 0.25) is 0 Å². The highest BCUT2D eigenvalue weighted by atomic mass is 19.1. The second-order valence-corrected chi connectivity index (χ2v) is 4.40. The molecule has 1 aromatic heterocycles. The van der Waals surface area contributed by atoms with Crippen LogP contribution in [0.5, 0.6) is 5.75 Å². The highest BCUT2D eigenvalue weighted by Gasteiger charge is 2.19. The van der Waals surface area contributed by atoms with Crippen LogP contribution in [0.1, 0.15) is 16.1 Å². The fourth-order valence-electron chi connectivity index (χ4n) is 2.03. The molecule has 0 aliphatic heterocycles. The minimum Gasteiger partial charge on any atom is -0.449 e. The lowest BCUT2D eigenvalue weighted by Crippen LogP contribution is -2.08. The molecule has 3 rings (SSSR count). The summed E-state index contributed by atoms with van der Waals surface area (Å²) in [4.78, 5) is 12.1. The van der Waals surface area contributed by atoms with Crippen LogP contribution in [0.25, 0.3) is 11.0 Å². The zero-order chi connectivity index (χ0) is 14.1. The van der Waals surface area contributed by atoms with Crippen LogP contribution >= 0.6 is 0 Å². The molecular weight excluding hydrogens is 259 g/mol. The van der Waals surface area contributed by atoms with Crippen LogP contribution in [0.3, 0.4) is 0 Å². The standard InChI is InChI=1S/C16H11FO3/c1-10-13-4-2-3-5-14(13)20-15(10)16(18)19-12-8-6-11(17)7-9-12/h2-9H,1H3. The summed E-state index contributed by atoms with van der Waals surface area (Å²) in [5, 5.41) is 0.874. The zero-order valence-electron chi connectivity index (χ0n) is 10.7. The van der Waals surface area contributed by atoms with Gasteiger partial charge in [-0.05, 0) is 37.3 Å². The molecule has 0 unspecified atom stereocenters. The number of fused-ring (bicyclic) bond motifs is 1. The minimum atomic E-state index is -0.592. The van der Waals surface area contributed by atoms with Crippen molar-refractivity contribution in [1.82, 2.24) is 0 Å². The van der Waals surface area contributed by atoms with Gasteiger partial charge in [0, 0.05) is 10.9 Å². The number of benzene rings is 2. The zero-order valence-corrected chi connectivity index (χ0v) is 10.7. The molecule has 0 saturated heterocycles. The second kappa shape index (κ2) is 4.81. The van der Waals surface area contributed by atoms with E-state index in [9.17, 15) is 9.18 Å². The van der Waals surface area contributed by atoms with E-state index in [0.717, 1.165) is 10.9 Å². The van der Waals surface area contributed by atoms with Crippen molar-refractivity contribution in [3.8, 4) is 5.75 Å². The summed E-state index contributed by atoms with van der Waals surface area (Å²) >= 11 is 0. The van der Waals surface area contributed by atoms with Gasteiger partial charge in [-0.25, -0.2) is 9.18 Å². The number of esters is 1. The molecule has 100 valence electrons. The molecule has 20 heavy (non-hydrogen) atoms. The van der Waals surface area contributed by atoms with Gasteiger partial charge in [0.25, 0.3) is 0 Å².